The van der Waals surface area contributed by atoms with Gasteiger partial charge in [-0.25, -0.2) is 0 Å². The summed E-state index contributed by atoms with van der Waals surface area (Å²) in [5.41, 5.74) is 1.77. The number of aromatic nitrogens is 1. The van der Waals surface area contributed by atoms with Crippen molar-refractivity contribution >= 4 is 11.6 Å². The van der Waals surface area contributed by atoms with E-state index in [4.69, 9.17) is 11.6 Å². The molecule has 4 heteroatoms. The molecular formula is C16H18ClNO2. The number of halogens is 1. The number of hydrogen-bond donors (Lipinski definition) is 1. The molecule has 0 saturated heterocycles. The van der Waals surface area contributed by atoms with Gasteiger partial charge < -0.3 is 9.67 Å². The van der Waals surface area contributed by atoms with Crippen LogP contribution in [0.1, 0.15) is 30.7 Å². The van der Waals surface area contributed by atoms with Gasteiger partial charge in [-0.05, 0) is 45.4 Å². The number of aliphatic hydroxyl groups is 1. The van der Waals surface area contributed by atoms with Gasteiger partial charge in [0, 0.05) is 34.2 Å². The second-order valence-corrected chi connectivity index (χ2v) is 5.99. The molecule has 0 unspecified atom stereocenters. The zero-order valence-corrected chi connectivity index (χ0v) is 12.8. The Hall–Kier alpha value is -1.58. The average molecular weight is 292 g/mol. The van der Waals surface area contributed by atoms with E-state index in [2.05, 4.69) is 0 Å². The fourth-order valence-corrected chi connectivity index (χ4v) is 2.36. The maximum atomic E-state index is 12.0. The van der Waals surface area contributed by atoms with E-state index in [9.17, 15) is 9.90 Å². The normalized spacial score (nSPS) is 11.7. The van der Waals surface area contributed by atoms with Crippen molar-refractivity contribution in [1.82, 2.24) is 4.57 Å². The zero-order valence-electron chi connectivity index (χ0n) is 12.1. The van der Waals surface area contributed by atoms with Gasteiger partial charge in [-0.3, -0.25) is 4.79 Å². The van der Waals surface area contributed by atoms with Crippen molar-refractivity contribution in [1.29, 1.82) is 0 Å². The van der Waals surface area contributed by atoms with Crippen molar-refractivity contribution in [3.63, 3.8) is 0 Å². The number of nitrogens with zero attached hydrogens (tertiary/aromatic N) is 1. The van der Waals surface area contributed by atoms with E-state index in [1.807, 2.05) is 36.6 Å². The van der Waals surface area contributed by atoms with E-state index in [0.29, 0.717) is 10.6 Å². The van der Waals surface area contributed by atoms with Crippen molar-refractivity contribution in [2.24, 2.45) is 0 Å². The molecule has 0 aliphatic heterocycles. The van der Waals surface area contributed by atoms with Gasteiger partial charge in [-0.2, -0.15) is 0 Å². The van der Waals surface area contributed by atoms with Crippen LogP contribution in [-0.2, 0) is 5.60 Å². The lowest BCUT2D eigenvalue weighted by Gasteiger charge is -2.21. The number of pyridine rings is 1. The van der Waals surface area contributed by atoms with Crippen LogP contribution in [0.25, 0.3) is 5.69 Å². The van der Waals surface area contributed by atoms with Crippen LogP contribution in [-0.4, -0.2) is 9.67 Å². The molecule has 0 radical (unpaired) electrons. The van der Waals surface area contributed by atoms with Crippen LogP contribution in [0.5, 0.6) is 0 Å². The molecule has 1 aromatic heterocycles. The highest BCUT2D eigenvalue weighted by molar-refractivity contribution is 6.30. The fraction of sp³-hybridized carbons (Fsp3) is 0.312. The molecule has 0 amide bonds. The van der Waals surface area contributed by atoms with Crippen molar-refractivity contribution in [2.45, 2.75) is 33.3 Å². The van der Waals surface area contributed by atoms with E-state index >= 15 is 0 Å². The maximum absolute atomic E-state index is 12.0. The highest BCUT2D eigenvalue weighted by atomic mass is 35.5. The SMILES string of the molecule is Cc1ccc(Cl)cc1-n1cc(C(C)(C)O)c(=O)cc1C. The summed E-state index contributed by atoms with van der Waals surface area (Å²) in [4.78, 5) is 12.0. The average Bonchev–Trinajstić information content (AvgIpc) is 2.31. The van der Waals surface area contributed by atoms with Crippen LogP contribution >= 0.6 is 11.6 Å². The molecule has 20 heavy (non-hydrogen) atoms. The number of aryl methyl sites for hydroxylation is 2. The van der Waals surface area contributed by atoms with E-state index in [1.165, 1.54) is 6.07 Å². The molecule has 0 spiro atoms. The van der Waals surface area contributed by atoms with Gasteiger partial charge in [0.05, 0.1) is 5.60 Å². The van der Waals surface area contributed by atoms with Gasteiger partial charge in [-0.1, -0.05) is 17.7 Å². The third kappa shape index (κ3) is 2.79. The predicted molar refractivity (Wildman–Crippen MR) is 81.8 cm³/mol. The smallest absolute Gasteiger partial charge is 0.187 e. The Labute approximate surface area is 123 Å². The molecule has 3 nitrogen and oxygen atoms in total. The maximum Gasteiger partial charge on any atom is 0.187 e. The van der Waals surface area contributed by atoms with Gasteiger partial charge in [0.15, 0.2) is 5.43 Å². The third-order valence-corrected chi connectivity index (χ3v) is 3.57. The van der Waals surface area contributed by atoms with Crippen molar-refractivity contribution in [3.05, 3.63) is 62.5 Å². The summed E-state index contributed by atoms with van der Waals surface area (Å²) >= 11 is 6.06. The van der Waals surface area contributed by atoms with Gasteiger partial charge in [0.25, 0.3) is 0 Å². The van der Waals surface area contributed by atoms with Crippen LogP contribution in [0, 0.1) is 13.8 Å². The van der Waals surface area contributed by atoms with Crippen LogP contribution in [0.2, 0.25) is 5.02 Å². The molecule has 0 aliphatic rings. The standard InChI is InChI=1S/C16H18ClNO2/c1-10-5-6-12(17)8-14(10)18-9-13(16(3,4)20)15(19)7-11(18)2/h5-9,20H,1-4H3. The Morgan fingerprint density at radius 2 is 1.85 bits per heavy atom. The summed E-state index contributed by atoms with van der Waals surface area (Å²) in [6, 6.07) is 7.14. The largest absolute Gasteiger partial charge is 0.386 e. The number of benzene rings is 1. The minimum Gasteiger partial charge on any atom is -0.386 e. The van der Waals surface area contributed by atoms with Crippen molar-refractivity contribution in [3.8, 4) is 5.69 Å². The lowest BCUT2D eigenvalue weighted by Crippen LogP contribution is -2.27. The Morgan fingerprint density at radius 3 is 2.45 bits per heavy atom. The van der Waals surface area contributed by atoms with Crippen LogP contribution < -0.4 is 5.43 Å². The van der Waals surface area contributed by atoms with Crippen LogP contribution in [0.15, 0.2) is 35.3 Å². The third-order valence-electron chi connectivity index (χ3n) is 3.33. The molecule has 0 bridgehead atoms. The Kier molecular flexibility index (Phi) is 3.76. The molecule has 0 atom stereocenters. The highest BCUT2D eigenvalue weighted by Crippen LogP contribution is 2.23. The summed E-state index contributed by atoms with van der Waals surface area (Å²) in [5.74, 6) is 0. The van der Waals surface area contributed by atoms with E-state index < -0.39 is 5.60 Å². The lowest BCUT2D eigenvalue weighted by molar-refractivity contribution is 0.0769. The first kappa shape index (κ1) is 14.8. The topological polar surface area (TPSA) is 42.2 Å². The van der Waals surface area contributed by atoms with Crippen LogP contribution in [0.4, 0.5) is 0 Å². The minimum absolute atomic E-state index is 0.161. The molecule has 0 saturated carbocycles. The predicted octanol–water partition coefficient (Wildman–Crippen LogP) is 3.34. The minimum atomic E-state index is -1.18. The summed E-state index contributed by atoms with van der Waals surface area (Å²) < 4.78 is 1.88. The summed E-state index contributed by atoms with van der Waals surface area (Å²) in [5, 5.41) is 10.7. The van der Waals surface area contributed by atoms with Crippen molar-refractivity contribution in [2.75, 3.05) is 0 Å². The quantitative estimate of drug-likeness (QED) is 0.922. The number of rotatable bonds is 2. The first-order valence-corrected chi connectivity index (χ1v) is 6.80. The van der Waals surface area contributed by atoms with Gasteiger partial charge in [-0.15, -0.1) is 0 Å². The molecule has 1 heterocycles. The lowest BCUT2D eigenvalue weighted by atomic mass is 9.99. The Balaban J connectivity index is 2.75. The summed E-state index contributed by atoms with van der Waals surface area (Å²) in [6.07, 6.45) is 1.69. The zero-order chi connectivity index (χ0) is 15.1. The second-order valence-electron chi connectivity index (χ2n) is 5.55. The van der Waals surface area contributed by atoms with E-state index in [0.717, 1.165) is 16.9 Å². The second kappa shape index (κ2) is 5.08. The van der Waals surface area contributed by atoms with E-state index in [1.54, 1.807) is 20.0 Å². The fourth-order valence-electron chi connectivity index (χ4n) is 2.19. The summed E-state index contributed by atoms with van der Waals surface area (Å²) in [6.45, 7) is 7.05. The highest BCUT2D eigenvalue weighted by Gasteiger charge is 2.21. The summed E-state index contributed by atoms with van der Waals surface area (Å²) in [7, 11) is 0. The Morgan fingerprint density at radius 1 is 1.20 bits per heavy atom. The molecule has 2 rings (SSSR count). The first-order valence-electron chi connectivity index (χ1n) is 6.43. The van der Waals surface area contributed by atoms with Gasteiger partial charge >= 0.3 is 0 Å². The molecule has 1 N–H and O–H groups in total. The van der Waals surface area contributed by atoms with Gasteiger partial charge in [0.2, 0.25) is 0 Å². The molecule has 106 valence electrons. The number of hydrogen-bond acceptors (Lipinski definition) is 2. The molecular weight excluding hydrogens is 274 g/mol. The monoisotopic (exact) mass is 291 g/mol. The molecule has 2 aromatic rings. The van der Waals surface area contributed by atoms with Crippen LogP contribution in [0.3, 0.4) is 0 Å². The Bertz CT molecular complexity index is 711. The van der Waals surface area contributed by atoms with Gasteiger partial charge in [0.1, 0.15) is 0 Å². The molecule has 0 aliphatic carbocycles. The molecule has 1 aromatic carbocycles. The van der Waals surface area contributed by atoms with Crippen molar-refractivity contribution < 1.29 is 5.11 Å². The van der Waals surface area contributed by atoms with E-state index in [-0.39, 0.29) is 5.43 Å². The molecule has 0 fully saturated rings. The first-order chi connectivity index (χ1) is 9.20.